The maximum Gasteiger partial charge on any atom is 0.326 e. The minimum absolute atomic E-state index is 0.146. The first kappa shape index (κ1) is 30.3. The van der Waals surface area contributed by atoms with Crippen molar-refractivity contribution < 1.29 is 39.3 Å². The van der Waals surface area contributed by atoms with Crippen molar-refractivity contribution in [1.82, 2.24) is 16.0 Å². The third kappa shape index (κ3) is 10.6. The van der Waals surface area contributed by atoms with E-state index in [1.54, 1.807) is 27.7 Å². The number of rotatable bonds is 14. The molecule has 0 aromatic carbocycles. The Morgan fingerprint density at radius 2 is 1.18 bits per heavy atom. The number of nitrogens with two attached hydrogens (primary N) is 1. The zero-order valence-corrected chi connectivity index (χ0v) is 20.0. The molecule has 12 heteroatoms. The number of hydrogen-bond donors (Lipinski definition) is 7. The summed E-state index contributed by atoms with van der Waals surface area (Å²) in [5, 5.41) is 35.2. The highest BCUT2D eigenvalue weighted by molar-refractivity contribution is 5.94. The zero-order chi connectivity index (χ0) is 26.0. The number of carbonyl (C=O) groups excluding carboxylic acids is 3. The van der Waals surface area contributed by atoms with E-state index in [-0.39, 0.29) is 5.92 Å². The first-order valence-electron chi connectivity index (χ1n) is 10.9. The van der Waals surface area contributed by atoms with Gasteiger partial charge >= 0.3 is 11.9 Å². The Balaban J connectivity index is 5.41. The lowest BCUT2D eigenvalue weighted by atomic mass is 9.97. The number of carboxylic acid groups (broad SMARTS) is 2. The Morgan fingerprint density at radius 3 is 1.55 bits per heavy atom. The summed E-state index contributed by atoms with van der Waals surface area (Å²) < 4.78 is 0. The highest BCUT2D eigenvalue weighted by Gasteiger charge is 2.34. The fourth-order valence-corrected chi connectivity index (χ4v) is 3.06. The van der Waals surface area contributed by atoms with Crippen LogP contribution < -0.4 is 21.7 Å². The van der Waals surface area contributed by atoms with Crippen molar-refractivity contribution in [3.63, 3.8) is 0 Å². The molecule has 0 aliphatic rings. The van der Waals surface area contributed by atoms with Crippen LogP contribution in [0.4, 0.5) is 0 Å². The van der Waals surface area contributed by atoms with Crippen molar-refractivity contribution >= 4 is 29.7 Å². The van der Waals surface area contributed by atoms with E-state index in [9.17, 15) is 29.1 Å². The second kappa shape index (κ2) is 13.7. The smallest absolute Gasteiger partial charge is 0.326 e. The standard InChI is InChI=1S/C21H38N4O8/c1-9(2)7-12(22)17(28)20(31)25-16(11(5)6)19(30)24-15(10(3)4)18(29)23-13(21(32)33)8-14(26)27/h9-13,15-17,28H,7-8,22H2,1-6H3,(H,23,29)(H,24,30)(H,25,31)(H,26,27)(H,32,33)/t12?,13-,15-,16-,17?/m0/s1. The van der Waals surface area contributed by atoms with Crippen LogP contribution in [0.25, 0.3) is 0 Å². The van der Waals surface area contributed by atoms with Gasteiger partial charge in [-0.1, -0.05) is 41.5 Å². The Labute approximate surface area is 193 Å². The molecule has 0 aromatic rings. The number of amides is 3. The predicted molar refractivity (Wildman–Crippen MR) is 119 cm³/mol. The quantitative estimate of drug-likeness (QED) is 0.165. The molecular formula is C21H38N4O8. The minimum Gasteiger partial charge on any atom is -0.481 e. The van der Waals surface area contributed by atoms with Crippen molar-refractivity contribution in [2.75, 3.05) is 0 Å². The van der Waals surface area contributed by atoms with Crippen LogP contribution in [0.15, 0.2) is 0 Å². The lowest BCUT2D eigenvalue weighted by Gasteiger charge is -2.29. The Kier molecular flexibility index (Phi) is 12.6. The molecule has 190 valence electrons. The van der Waals surface area contributed by atoms with E-state index in [1.165, 1.54) is 0 Å². The number of nitrogens with one attached hydrogen (secondary N) is 3. The third-order valence-corrected chi connectivity index (χ3v) is 4.90. The summed E-state index contributed by atoms with van der Waals surface area (Å²) in [6.45, 7) is 10.3. The molecule has 0 rings (SSSR count). The van der Waals surface area contributed by atoms with Crippen LogP contribution in [0.5, 0.6) is 0 Å². The van der Waals surface area contributed by atoms with Crippen LogP contribution in [-0.4, -0.2) is 75.3 Å². The minimum atomic E-state index is -1.67. The maximum absolute atomic E-state index is 12.9. The number of aliphatic hydroxyl groups excluding tert-OH is 1. The van der Waals surface area contributed by atoms with Gasteiger partial charge in [0.2, 0.25) is 11.8 Å². The van der Waals surface area contributed by atoms with E-state index in [4.69, 9.17) is 15.9 Å². The predicted octanol–water partition coefficient (Wildman–Crippen LogP) is -0.954. The molecule has 0 saturated carbocycles. The molecule has 0 aliphatic carbocycles. The van der Waals surface area contributed by atoms with Gasteiger partial charge in [-0.25, -0.2) is 4.79 Å². The van der Waals surface area contributed by atoms with Crippen molar-refractivity contribution in [2.45, 2.75) is 84.7 Å². The molecule has 0 spiro atoms. The molecule has 0 heterocycles. The molecule has 0 aromatic heterocycles. The van der Waals surface area contributed by atoms with E-state index in [1.807, 2.05) is 13.8 Å². The summed E-state index contributed by atoms with van der Waals surface area (Å²) >= 11 is 0. The monoisotopic (exact) mass is 474 g/mol. The van der Waals surface area contributed by atoms with Gasteiger partial charge in [0.25, 0.3) is 5.91 Å². The van der Waals surface area contributed by atoms with Crippen LogP contribution in [0, 0.1) is 17.8 Å². The normalized spacial score (nSPS) is 16.0. The largest absolute Gasteiger partial charge is 0.481 e. The fourth-order valence-electron chi connectivity index (χ4n) is 3.06. The van der Waals surface area contributed by atoms with Gasteiger partial charge in [0.1, 0.15) is 24.2 Å². The van der Waals surface area contributed by atoms with Gasteiger partial charge in [0.15, 0.2) is 0 Å². The maximum atomic E-state index is 12.9. The average Bonchev–Trinajstić information content (AvgIpc) is 2.66. The topological polar surface area (TPSA) is 208 Å². The van der Waals surface area contributed by atoms with Crippen molar-refractivity contribution in [3.8, 4) is 0 Å². The van der Waals surface area contributed by atoms with Gasteiger partial charge in [-0.05, 0) is 24.2 Å². The van der Waals surface area contributed by atoms with E-state index in [2.05, 4.69) is 16.0 Å². The molecule has 8 N–H and O–H groups in total. The Morgan fingerprint density at radius 1 is 0.758 bits per heavy atom. The molecule has 33 heavy (non-hydrogen) atoms. The molecule has 5 atom stereocenters. The fraction of sp³-hybridized carbons (Fsp3) is 0.762. The molecule has 2 unspecified atom stereocenters. The summed E-state index contributed by atoms with van der Waals surface area (Å²) in [6, 6.07) is -4.80. The van der Waals surface area contributed by atoms with E-state index < -0.39 is 78.2 Å². The van der Waals surface area contributed by atoms with Gasteiger partial charge in [-0.3, -0.25) is 19.2 Å². The molecule has 0 radical (unpaired) electrons. The van der Waals surface area contributed by atoms with E-state index >= 15 is 0 Å². The molecular weight excluding hydrogens is 436 g/mol. The molecule has 3 amide bonds. The molecule has 0 aliphatic heterocycles. The second-order valence-corrected chi connectivity index (χ2v) is 9.20. The van der Waals surface area contributed by atoms with Gasteiger partial charge in [-0.15, -0.1) is 0 Å². The summed E-state index contributed by atoms with van der Waals surface area (Å²) in [7, 11) is 0. The van der Waals surface area contributed by atoms with E-state index in [0.29, 0.717) is 6.42 Å². The zero-order valence-electron chi connectivity index (χ0n) is 20.0. The van der Waals surface area contributed by atoms with Crippen molar-refractivity contribution in [1.29, 1.82) is 0 Å². The van der Waals surface area contributed by atoms with Crippen molar-refractivity contribution in [3.05, 3.63) is 0 Å². The average molecular weight is 475 g/mol. The SMILES string of the molecule is CC(C)CC(N)C(O)C(=O)N[C@H](C(=O)N[C@H](C(=O)N[C@@H](CC(=O)O)C(=O)O)C(C)C)C(C)C. The Hall–Kier alpha value is -2.73. The van der Waals surface area contributed by atoms with Crippen LogP contribution in [0.1, 0.15) is 54.4 Å². The number of aliphatic carboxylic acids is 2. The van der Waals surface area contributed by atoms with Gasteiger partial charge in [-0.2, -0.15) is 0 Å². The van der Waals surface area contributed by atoms with E-state index in [0.717, 1.165) is 0 Å². The lowest BCUT2D eigenvalue weighted by Crippen LogP contribution is -2.60. The summed E-state index contributed by atoms with van der Waals surface area (Å²) in [5.41, 5.74) is 5.86. The number of hydrogen-bond acceptors (Lipinski definition) is 7. The van der Waals surface area contributed by atoms with Gasteiger partial charge in [0, 0.05) is 6.04 Å². The molecule has 0 fully saturated rings. The summed E-state index contributed by atoms with van der Waals surface area (Å²) in [6.07, 6.45) is -1.97. The van der Waals surface area contributed by atoms with Crippen LogP contribution in [0.2, 0.25) is 0 Å². The van der Waals surface area contributed by atoms with Gasteiger partial charge < -0.3 is 37.0 Å². The molecule has 12 nitrogen and oxygen atoms in total. The summed E-state index contributed by atoms with van der Waals surface area (Å²) in [4.78, 5) is 60.0. The van der Waals surface area contributed by atoms with Crippen LogP contribution in [-0.2, 0) is 24.0 Å². The lowest BCUT2D eigenvalue weighted by molar-refractivity contribution is -0.147. The first-order chi connectivity index (χ1) is 15.1. The third-order valence-electron chi connectivity index (χ3n) is 4.90. The summed E-state index contributed by atoms with van der Waals surface area (Å²) in [5.74, 6) is -6.12. The van der Waals surface area contributed by atoms with Gasteiger partial charge in [0.05, 0.1) is 6.42 Å². The second-order valence-electron chi connectivity index (χ2n) is 9.20. The number of carboxylic acids is 2. The highest BCUT2D eigenvalue weighted by Crippen LogP contribution is 2.10. The molecule has 0 bridgehead atoms. The van der Waals surface area contributed by atoms with Crippen LogP contribution >= 0.6 is 0 Å². The number of carbonyl (C=O) groups is 5. The highest BCUT2D eigenvalue weighted by atomic mass is 16.4. The first-order valence-corrected chi connectivity index (χ1v) is 10.9. The number of aliphatic hydroxyl groups is 1. The van der Waals surface area contributed by atoms with Crippen molar-refractivity contribution in [2.24, 2.45) is 23.5 Å². The van der Waals surface area contributed by atoms with Crippen LogP contribution in [0.3, 0.4) is 0 Å². The molecule has 0 saturated heterocycles. The Bertz CT molecular complexity index is 710.